The lowest BCUT2D eigenvalue weighted by atomic mass is 10.2. The number of carbonyl (C=O) groups excluding carboxylic acids is 1. The van der Waals surface area contributed by atoms with Gasteiger partial charge in [-0.3, -0.25) is 9.79 Å². The number of benzene rings is 1. The number of anilines is 1. The minimum absolute atomic E-state index is 0. The van der Waals surface area contributed by atoms with E-state index in [2.05, 4.69) is 27.9 Å². The van der Waals surface area contributed by atoms with E-state index >= 15 is 0 Å². The summed E-state index contributed by atoms with van der Waals surface area (Å²) in [6, 6.07) is 7.91. The maximum absolute atomic E-state index is 11.6. The van der Waals surface area contributed by atoms with Crippen molar-refractivity contribution in [3.05, 3.63) is 29.8 Å². The molecule has 1 aromatic rings. The summed E-state index contributed by atoms with van der Waals surface area (Å²) in [4.78, 5) is 15.8. The average molecular weight is 460 g/mol. The Morgan fingerprint density at radius 1 is 1.00 bits per heavy atom. The van der Waals surface area contributed by atoms with Gasteiger partial charge in [-0.2, -0.15) is 0 Å². The maximum atomic E-state index is 11.6. The lowest BCUT2D eigenvalue weighted by Gasteiger charge is -2.12. The molecule has 0 aliphatic heterocycles. The Kier molecular flexibility index (Phi) is 14.2. The molecule has 0 saturated carbocycles. The summed E-state index contributed by atoms with van der Waals surface area (Å²) in [5.41, 5.74) is 1.99. The second-order valence-electron chi connectivity index (χ2n) is 5.91. The van der Waals surface area contributed by atoms with Gasteiger partial charge in [-0.1, -0.05) is 45.2 Å². The molecule has 1 amide bonds. The Bertz CT molecular complexity index is 503. The summed E-state index contributed by atoms with van der Waals surface area (Å²) in [5.74, 6) is 0.892. The summed E-state index contributed by atoms with van der Waals surface area (Å²) < 4.78 is 0. The third kappa shape index (κ3) is 11.0. The molecule has 0 unspecified atom stereocenters. The van der Waals surface area contributed by atoms with Crippen LogP contribution in [-0.4, -0.2) is 25.5 Å². The number of nitrogens with one attached hydrogen (secondary N) is 3. The van der Waals surface area contributed by atoms with Crippen molar-refractivity contribution in [3.8, 4) is 0 Å². The van der Waals surface area contributed by atoms with Gasteiger partial charge in [-0.25, -0.2) is 0 Å². The summed E-state index contributed by atoms with van der Waals surface area (Å²) in [6.07, 6.45) is 6.38. The van der Waals surface area contributed by atoms with Gasteiger partial charge in [0.1, 0.15) is 0 Å². The van der Waals surface area contributed by atoms with Gasteiger partial charge >= 0.3 is 0 Å². The second-order valence-corrected chi connectivity index (χ2v) is 5.91. The third-order valence-electron chi connectivity index (χ3n) is 3.72. The van der Waals surface area contributed by atoms with Gasteiger partial charge in [0.25, 0.3) is 0 Å². The molecule has 3 N–H and O–H groups in total. The molecule has 0 atom stereocenters. The van der Waals surface area contributed by atoms with Crippen molar-refractivity contribution in [2.45, 2.75) is 58.9 Å². The molecule has 0 radical (unpaired) electrons. The summed E-state index contributed by atoms with van der Waals surface area (Å²) in [7, 11) is 1.79. The monoisotopic (exact) mass is 460 g/mol. The van der Waals surface area contributed by atoms with Gasteiger partial charge in [-0.05, 0) is 30.5 Å². The number of hydrogen-bond acceptors (Lipinski definition) is 2. The molecule has 1 aromatic carbocycles. The first kappa shape index (κ1) is 23.7. The van der Waals surface area contributed by atoms with Crippen molar-refractivity contribution in [3.63, 3.8) is 0 Å². The van der Waals surface area contributed by atoms with E-state index in [0.717, 1.165) is 30.2 Å². The fourth-order valence-electron chi connectivity index (χ4n) is 2.32. The van der Waals surface area contributed by atoms with Crippen LogP contribution >= 0.6 is 24.0 Å². The maximum Gasteiger partial charge on any atom is 0.224 e. The van der Waals surface area contributed by atoms with E-state index in [-0.39, 0.29) is 29.9 Å². The van der Waals surface area contributed by atoms with E-state index in [1.807, 2.05) is 31.2 Å². The van der Waals surface area contributed by atoms with Crippen LogP contribution in [0.15, 0.2) is 29.3 Å². The van der Waals surface area contributed by atoms with E-state index in [4.69, 9.17) is 0 Å². The number of guanidine groups is 1. The quantitative estimate of drug-likeness (QED) is 0.211. The predicted molar refractivity (Wildman–Crippen MR) is 118 cm³/mol. The summed E-state index contributed by atoms with van der Waals surface area (Å²) in [6.45, 7) is 5.87. The number of unbranched alkanes of at least 4 members (excludes halogenated alkanes) is 3. The zero-order valence-electron chi connectivity index (χ0n) is 15.7. The second kappa shape index (κ2) is 15.0. The average Bonchev–Trinajstić information content (AvgIpc) is 2.59. The lowest BCUT2D eigenvalue weighted by molar-refractivity contribution is -0.116. The molecule has 25 heavy (non-hydrogen) atoms. The molecule has 1 rings (SSSR count). The first-order chi connectivity index (χ1) is 11.7. The number of carbonyl (C=O) groups is 1. The van der Waals surface area contributed by atoms with Crippen molar-refractivity contribution in [1.29, 1.82) is 0 Å². The highest BCUT2D eigenvalue weighted by Crippen LogP contribution is 2.10. The zero-order valence-corrected chi connectivity index (χ0v) is 18.1. The van der Waals surface area contributed by atoms with E-state index in [1.54, 1.807) is 7.05 Å². The van der Waals surface area contributed by atoms with Crippen molar-refractivity contribution in [2.75, 3.05) is 18.9 Å². The van der Waals surface area contributed by atoms with Gasteiger partial charge in [-0.15, -0.1) is 24.0 Å². The first-order valence-corrected chi connectivity index (χ1v) is 9.02. The normalized spacial score (nSPS) is 10.8. The minimum Gasteiger partial charge on any atom is -0.356 e. The molecule has 5 nitrogen and oxygen atoms in total. The molecule has 0 heterocycles. The molecule has 0 aliphatic rings. The summed E-state index contributed by atoms with van der Waals surface area (Å²) in [5, 5.41) is 9.54. The van der Waals surface area contributed by atoms with Crippen LogP contribution < -0.4 is 16.0 Å². The predicted octanol–water partition coefficient (Wildman–Crippen LogP) is 4.29. The van der Waals surface area contributed by atoms with Crippen molar-refractivity contribution in [1.82, 2.24) is 10.6 Å². The number of amides is 1. The zero-order chi connectivity index (χ0) is 17.6. The molecule has 0 aromatic heterocycles. The topological polar surface area (TPSA) is 65.5 Å². The molecular weight excluding hydrogens is 427 g/mol. The van der Waals surface area contributed by atoms with Gasteiger partial charge in [0, 0.05) is 32.2 Å². The van der Waals surface area contributed by atoms with Crippen LogP contribution in [-0.2, 0) is 11.3 Å². The van der Waals surface area contributed by atoms with E-state index in [1.165, 1.54) is 25.7 Å². The van der Waals surface area contributed by atoms with Crippen LogP contribution in [0.25, 0.3) is 0 Å². The molecule has 0 fully saturated rings. The van der Waals surface area contributed by atoms with Crippen LogP contribution in [0.3, 0.4) is 0 Å². The fourth-order valence-corrected chi connectivity index (χ4v) is 2.32. The Morgan fingerprint density at radius 3 is 2.32 bits per heavy atom. The molecule has 6 heteroatoms. The van der Waals surface area contributed by atoms with Crippen LogP contribution in [0.4, 0.5) is 5.69 Å². The summed E-state index contributed by atoms with van der Waals surface area (Å²) >= 11 is 0. The van der Waals surface area contributed by atoms with Crippen LogP contribution in [0.5, 0.6) is 0 Å². The number of hydrogen-bond donors (Lipinski definition) is 3. The first-order valence-electron chi connectivity index (χ1n) is 9.02. The molecule has 0 spiro atoms. The van der Waals surface area contributed by atoms with Gasteiger partial charge in [0.2, 0.25) is 5.91 Å². The molecule has 0 bridgehead atoms. The Balaban J connectivity index is 0.00000576. The van der Waals surface area contributed by atoms with Gasteiger partial charge in [0.15, 0.2) is 5.96 Å². The molecule has 142 valence electrons. The third-order valence-corrected chi connectivity index (χ3v) is 3.72. The number of nitrogens with zero attached hydrogens (tertiary/aromatic N) is 1. The Morgan fingerprint density at radius 2 is 1.72 bits per heavy atom. The number of aliphatic imine (C=N–C) groups is 1. The number of rotatable bonds is 10. The Labute approximate surface area is 169 Å². The van der Waals surface area contributed by atoms with Crippen LogP contribution in [0, 0.1) is 0 Å². The lowest BCUT2D eigenvalue weighted by Crippen LogP contribution is -2.37. The van der Waals surface area contributed by atoms with Gasteiger partial charge < -0.3 is 16.0 Å². The van der Waals surface area contributed by atoms with Crippen molar-refractivity contribution in [2.24, 2.45) is 4.99 Å². The highest BCUT2D eigenvalue weighted by molar-refractivity contribution is 14.0. The highest BCUT2D eigenvalue weighted by Gasteiger charge is 2.02. The SMILES string of the molecule is CCCCCCNC(=NC)NCc1ccc(NC(=O)CCC)cc1.I. The molecule has 0 aliphatic carbocycles. The highest BCUT2D eigenvalue weighted by atomic mass is 127. The largest absolute Gasteiger partial charge is 0.356 e. The van der Waals surface area contributed by atoms with Crippen molar-refractivity contribution >= 4 is 41.5 Å². The van der Waals surface area contributed by atoms with E-state index in [0.29, 0.717) is 13.0 Å². The Hall–Kier alpha value is -1.31. The van der Waals surface area contributed by atoms with Crippen LogP contribution in [0.1, 0.15) is 57.9 Å². The van der Waals surface area contributed by atoms with Crippen LogP contribution in [0.2, 0.25) is 0 Å². The standard InChI is InChI=1S/C19H32N4O.HI/c1-4-6-7-8-14-21-19(20-3)22-15-16-10-12-17(13-11-16)23-18(24)9-5-2;/h10-13H,4-9,14-15H2,1-3H3,(H,23,24)(H2,20,21,22);1H. The number of halogens is 1. The minimum atomic E-state index is 0. The van der Waals surface area contributed by atoms with E-state index in [9.17, 15) is 4.79 Å². The fraction of sp³-hybridized carbons (Fsp3) is 0.579. The van der Waals surface area contributed by atoms with E-state index < -0.39 is 0 Å². The molecule has 0 saturated heterocycles. The molecular formula is C19H33IN4O. The van der Waals surface area contributed by atoms with Gasteiger partial charge in [0.05, 0.1) is 0 Å². The smallest absolute Gasteiger partial charge is 0.224 e. The van der Waals surface area contributed by atoms with Crippen molar-refractivity contribution < 1.29 is 4.79 Å².